The van der Waals surface area contributed by atoms with Crippen LogP contribution in [0.1, 0.15) is 47.5 Å². The Kier molecular flexibility index (Phi) is 12.5. The molecule has 0 bridgehead atoms. The van der Waals surface area contributed by atoms with Gasteiger partial charge in [-0.1, -0.05) is 23.3 Å². The van der Waals surface area contributed by atoms with Crippen molar-refractivity contribution in [2.45, 2.75) is 65.6 Å². The van der Waals surface area contributed by atoms with Crippen LogP contribution in [0.2, 0.25) is 0 Å². The molecule has 0 aliphatic carbocycles. The molecule has 0 saturated carbocycles. The lowest BCUT2D eigenvalue weighted by Gasteiger charge is -2.42. The van der Waals surface area contributed by atoms with E-state index in [2.05, 4.69) is 69.1 Å². The highest BCUT2D eigenvalue weighted by Gasteiger charge is 2.36. The number of allylic oxidation sites excluding steroid dienone is 3. The van der Waals surface area contributed by atoms with Crippen molar-refractivity contribution in [2.24, 2.45) is 0 Å². The molecule has 2 rings (SSSR count). The molecule has 0 spiro atoms. The molecule has 196 valence electrons. The molecule has 2 aliphatic rings. The lowest BCUT2D eigenvalue weighted by Crippen LogP contribution is -2.52. The monoisotopic (exact) mass is 496 g/mol. The molecule has 3 atom stereocenters. The molecule has 0 aromatic heterocycles. The Balaban J connectivity index is 1.81. The van der Waals surface area contributed by atoms with E-state index in [0.717, 1.165) is 58.7 Å². The summed E-state index contributed by atoms with van der Waals surface area (Å²) in [6.45, 7) is 17.7. The Morgan fingerprint density at radius 3 is 2.41 bits per heavy atom. The highest BCUT2D eigenvalue weighted by molar-refractivity contribution is 7.58. The fourth-order valence-corrected chi connectivity index (χ4v) is 6.60. The summed E-state index contributed by atoms with van der Waals surface area (Å²) in [6, 6.07) is 0.692. The van der Waals surface area contributed by atoms with E-state index in [4.69, 9.17) is 9.47 Å². The number of hydrogen-bond donors (Lipinski definition) is 0. The van der Waals surface area contributed by atoms with E-state index < -0.39 is 7.44 Å². The lowest BCUT2D eigenvalue weighted by molar-refractivity contribution is -0.0878. The molecule has 9 heteroatoms. The van der Waals surface area contributed by atoms with Crippen LogP contribution >= 0.6 is 7.44 Å². The van der Waals surface area contributed by atoms with Crippen molar-refractivity contribution in [3.05, 3.63) is 23.3 Å². The smallest absolute Gasteiger partial charge is 0.241 e. The highest BCUT2D eigenvalue weighted by Crippen LogP contribution is 2.51. The van der Waals surface area contributed by atoms with E-state index in [9.17, 15) is 4.57 Å². The molecule has 3 unspecified atom stereocenters. The third-order valence-corrected chi connectivity index (χ3v) is 9.91. The summed E-state index contributed by atoms with van der Waals surface area (Å²) in [7, 11) is 3.19. The van der Waals surface area contributed by atoms with Crippen LogP contribution in [0, 0.1) is 0 Å². The Morgan fingerprint density at radius 2 is 1.82 bits per heavy atom. The molecule has 34 heavy (non-hydrogen) atoms. The first-order valence-electron chi connectivity index (χ1n) is 13.0. The Morgan fingerprint density at radius 1 is 1.15 bits per heavy atom. The predicted molar refractivity (Wildman–Crippen MR) is 146 cm³/mol. The van der Waals surface area contributed by atoms with Gasteiger partial charge in [-0.25, -0.2) is 9.34 Å². The number of ether oxygens (including phenoxy) is 2. The van der Waals surface area contributed by atoms with E-state index in [-0.39, 0.29) is 18.5 Å². The minimum Gasteiger partial charge on any atom is -0.379 e. The Bertz CT molecular complexity index is 719. The molecule has 2 fully saturated rings. The third kappa shape index (κ3) is 9.53. The molecular weight excluding hydrogens is 446 g/mol. The van der Waals surface area contributed by atoms with Crippen molar-refractivity contribution in [3.63, 3.8) is 0 Å². The van der Waals surface area contributed by atoms with Gasteiger partial charge in [0.2, 0.25) is 7.44 Å². The third-order valence-electron chi connectivity index (χ3n) is 6.85. The normalized spacial score (nSPS) is 25.6. The second kappa shape index (κ2) is 14.3. The number of piperazine rings is 1. The molecule has 7 nitrogen and oxygen atoms in total. The molecule has 2 saturated heterocycles. The number of nitrogens with zero attached hydrogens (tertiary/aromatic N) is 4. The number of morpholine rings is 1. The van der Waals surface area contributed by atoms with E-state index in [1.165, 1.54) is 11.1 Å². The van der Waals surface area contributed by atoms with Crippen molar-refractivity contribution in [3.8, 4) is 0 Å². The fourth-order valence-electron chi connectivity index (χ4n) is 4.56. The summed E-state index contributed by atoms with van der Waals surface area (Å²) in [5.74, 6) is 0. The van der Waals surface area contributed by atoms with Crippen molar-refractivity contribution in [1.82, 2.24) is 19.1 Å². The van der Waals surface area contributed by atoms with Gasteiger partial charge in [-0.15, -0.1) is 0 Å². The van der Waals surface area contributed by atoms with Crippen LogP contribution < -0.4 is 0 Å². The van der Waals surface area contributed by atoms with Crippen LogP contribution in [0.3, 0.4) is 0 Å². The van der Waals surface area contributed by atoms with Crippen LogP contribution in [0.4, 0.5) is 0 Å². The van der Waals surface area contributed by atoms with Crippen LogP contribution in [0.5, 0.6) is 0 Å². The van der Waals surface area contributed by atoms with Crippen LogP contribution in [-0.4, -0.2) is 118 Å². The van der Waals surface area contributed by atoms with Gasteiger partial charge in [0, 0.05) is 57.9 Å². The van der Waals surface area contributed by atoms with Crippen molar-refractivity contribution in [1.29, 1.82) is 0 Å². The predicted octanol–water partition coefficient (Wildman–Crippen LogP) is 3.09. The first-order valence-corrected chi connectivity index (χ1v) is 14.8. The number of rotatable bonds is 12. The summed E-state index contributed by atoms with van der Waals surface area (Å²) in [5, 5.41) is 0. The second-order valence-corrected chi connectivity index (χ2v) is 13.7. The molecule has 0 aromatic carbocycles. The van der Waals surface area contributed by atoms with Gasteiger partial charge in [-0.2, -0.15) is 0 Å². The van der Waals surface area contributed by atoms with Crippen LogP contribution in [-0.2, 0) is 14.0 Å². The highest BCUT2D eigenvalue weighted by atomic mass is 31.2. The van der Waals surface area contributed by atoms with Gasteiger partial charge < -0.3 is 9.47 Å². The van der Waals surface area contributed by atoms with Gasteiger partial charge in [0.05, 0.1) is 12.7 Å². The lowest BCUT2D eigenvalue weighted by atomic mass is 9.96. The van der Waals surface area contributed by atoms with E-state index in [0.29, 0.717) is 12.6 Å². The molecule has 0 amide bonds. The van der Waals surface area contributed by atoms with Crippen molar-refractivity contribution in [2.75, 3.05) is 72.9 Å². The van der Waals surface area contributed by atoms with Gasteiger partial charge in [-0.3, -0.25) is 14.4 Å². The molecule has 2 aliphatic heterocycles. The van der Waals surface area contributed by atoms with E-state index in [1.807, 2.05) is 18.8 Å². The summed E-state index contributed by atoms with van der Waals surface area (Å²) in [4.78, 5) is 4.89. The quantitative estimate of drug-likeness (QED) is 0.234. The van der Waals surface area contributed by atoms with Crippen LogP contribution in [0.15, 0.2) is 23.3 Å². The molecule has 0 aromatic rings. The average Bonchev–Trinajstić information content (AvgIpc) is 2.77. The maximum Gasteiger partial charge on any atom is 0.241 e. The summed E-state index contributed by atoms with van der Waals surface area (Å²) >= 11 is 0. The summed E-state index contributed by atoms with van der Waals surface area (Å²) in [6.07, 6.45) is 7.18. The second-order valence-electron chi connectivity index (χ2n) is 10.8. The zero-order valence-corrected chi connectivity index (χ0v) is 24.0. The Labute approximate surface area is 210 Å². The molecule has 2 heterocycles. The standard InChI is InChI=1S/C25H50BN4O3P/c1-21(2)9-8-10-23(5)11-12-28-13-15-30(16-14-28)34(31,27(6)7)20-32-19-24-17-29(22(3)4)18-25(26)33-24/h9,11,22,24-25H,8,10,12-20,26H2,1-7H3/b23-11+. The fraction of sp³-hybridized carbons (Fsp3) is 0.840. The molecule has 0 radical (unpaired) electrons. The zero-order chi connectivity index (χ0) is 25.3. The SMILES string of the molecule is BC1CN(C(C)C)CC(COCP(=O)(N(C)C)N2CCN(C/C=C(\C)CCC=C(C)C)CC2)O1. The average molecular weight is 496 g/mol. The molecular formula is C25H50BN4O3P. The zero-order valence-electron chi connectivity index (χ0n) is 23.1. The van der Waals surface area contributed by atoms with Gasteiger partial charge in [0.1, 0.15) is 14.2 Å². The first kappa shape index (κ1) is 29.8. The van der Waals surface area contributed by atoms with Crippen molar-refractivity contribution >= 4 is 15.3 Å². The number of hydrogen-bond acceptors (Lipinski definition) is 5. The van der Waals surface area contributed by atoms with Gasteiger partial charge >= 0.3 is 0 Å². The Hall–Kier alpha value is -0.465. The van der Waals surface area contributed by atoms with Gasteiger partial charge in [0.25, 0.3) is 0 Å². The topological polar surface area (TPSA) is 48.5 Å². The summed E-state index contributed by atoms with van der Waals surface area (Å²) in [5.41, 5.74) is 2.83. The summed E-state index contributed by atoms with van der Waals surface area (Å²) < 4.78 is 30.1. The van der Waals surface area contributed by atoms with E-state index >= 15 is 0 Å². The minimum atomic E-state index is -2.75. The van der Waals surface area contributed by atoms with Crippen molar-refractivity contribution < 1.29 is 14.0 Å². The minimum absolute atomic E-state index is 0.0327. The van der Waals surface area contributed by atoms with Gasteiger partial charge in [-0.05, 0) is 61.6 Å². The molecule has 0 N–H and O–H groups in total. The van der Waals surface area contributed by atoms with Gasteiger partial charge in [0.15, 0.2) is 0 Å². The first-order chi connectivity index (χ1) is 16.0. The maximum absolute atomic E-state index is 13.9. The maximum atomic E-state index is 13.9. The largest absolute Gasteiger partial charge is 0.379 e. The van der Waals surface area contributed by atoms with E-state index in [1.54, 1.807) is 0 Å². The van der Waals surface area contributed by atoms with Crippen LogP contribution in [0.25, 0.3) is 0 Å².